The molecule has 29 heavy (non-hydrogen) atoms. The van der Waals surface area contributed by atoms with Gasteiger partial charge in [0, 0.05) is 24.3 Å². The highest BCUT2D eigenvalue weighted by molar-refractivity contribution is 7.67. The summed E-state index contributed by atoms with van der Waals surface area (Å²) in [6.07, 6.45) is 16.9. The van der Waals surface area contributed by atoms with Crippen molar-refractivity contribution in [1.82, 2.24) is 4.98 Å². The van der Waals surface area contributed by atoms with Crippen molar-refractivity contribution >= 4 is 42.2 Å². The summed E-state index contributed by atoms with van der Waals surface area (Å²) in [5.74, 6) is 1.04. The molecule has 0 bridgehead atoms. The number of aromatic nitrogens is 1. The van der Waals surface area contributed by atoms with E-state index in [1.54, 1.807) is 0 Å². The van der Waals surface area contributed by atoms with Gasteiger partial charge in [-0.25, -0.2) is 4.98 Å². The Balaban J connectivity index is 1.67. The van der Waals surface area contributed by atoms with Crippen LogP contribution >= 0.6 is 8.07 Å². The monoisotopic (exact) mass is 396 g/mol. The molecule has 5 rings (SSSR count). The summed E-state index contributed by atoms with van der Waals surface area (Å²) < 4.78 is 0. The number of nitrogens with one attached hydrogen (secondary N) is 1. The number of rotatable bonds is 4. The lowest BCUT2D eigenvalue weighted by atomic mass is 10.0. The normalized spacial score (nSPS) is 18.6. The first kappa shape index (κ1) is 18.3. The maximum absolute atomic E-state index is 5.16. The fraction of sp³-hybridized carbons (Fsp3) is 0.192. The maximum Gasteiger partial charge on any atom is 0.137 e. The van der Waals surface area contributed by atoms with Gasteiger partial charge in [-0.15, -0.1) is 0 Å². The average molecular weight is 396 g/mol. The number of hydrogen-bond donors (Lipinski definition) is 1. The number of aryl methyl sites for hydroxylation is 1. The Hall–Kier alpha value is -2.70. The van der Waals surface area contributed by atoms with Crippen LogP contribution in [0.4, 0.5) is 5.82 Å². The Morgan fingerprint density at radius 2 is 1.76 bits per heavy atom. The lowest BCUT2D eigenvalue weighted by Gasteiger charge is -2.28. The van der Waals surface area contributed by atoms with E-state index >= 15 is 0 Å². The summed E-state index contributed by atoms with van der Waals surface area (Å²) in [6.45, 7) is 2.16. The molecule has 2 atom stereocenters. The first-order chi connectivity index (χ1) is 14.3. The third kappa shape index (κ3) is 3.54. The second-order valence-corrected chi connectivity index (χ2v) is 9.82. The Kier molecular flexibility index (Phi) is 5.04. The van der Waals surface area contributed by atoms with Crippen molar-refractivity contribution < 1.29 is 0 Å². The minimum atomic E-state index is -0.615. The third-order valence-electron chi connectivity index (χ3n) is 5.71. The van der Waals surface area contributed by atoms with Gasteiger partial charge in [0.1, 0.15) is 5.82 Å². The highest BCUT2D eigenvalue weighted by Gasteiger charge is 2.23. The molecule has 144 valence electrons. The first-order valence-corrected chi connectivity index (χ1v) is 11.8. The van der Waals surface area contributed by atoms with Crippen LogP contribution in [0.25, 0.3) is 23.1 Å². The standard InChI is InChI=1S/C26H25N2P/c1-19-11-10-18-23-22-16-8-9-17-24(22)26(27-25(19)23)28-29(20-12-4-2-5-13-20)21-14-6-3-7-15-21/h2-7,10-14,16-18,21H,8-9,15H2,1H3,(H,27,28). The van der Waals surface area contributed by atoms with Crippen LogP contribution in [0.15, 0.2) is 72.8 Å². The minimum absolute atomic E-state index is 0.468. The number of pyridine rings is 1. The number of para-hydroxylation sites is 1. The molecule has 2 aliphatic carbocycles. The van der Waals surface area contributed by atoms with E-state index < -0.39 is 8.07 Å². The molecule has 0 spiro atoms. The van der Waals surface area contributed by atoms with Gasteiger partial charge in [-0.1, -0.05) is 85.0 Å². The number of hydrogen-bond acceptors (Lipinski definition) is 2. The molecular formula is C26H25N2P. The highest BCUT2D eigenvalue weighted by Crippen LogP contribution is 2.43. The van der Waals surface area contributed by atoms with Gasteiger partial charge in [-0.2, -0.15) is 0 Å². The van der Waals surface area contributed by atoms with Crippen LogP contribution in [-0.2, 0) is 0 Å². The molecule has 1 N–H and O–H groups in total. The second kappa shape index (κ2) is 7.97. The number of allylic oxidation sites excluding steroid dienone is 4. The van der Waals surface area contributed by atoms with Crippen LogP contribution in [-0.4, -0.2) is 10.6 Å². The predicted octanol–water partition coefficient (Wildman–Crippen LogP) is 4.92. The number of fused-ring (bicyclic) bond motifs is 3. The van der Waals surface area contributed by atoms with Gasteiger partial charge in [-0.3, -0.25) is 0 Å². The van der Waals surface area contributed by atoms with Crippen LogP contribution in [0.3, 0.4) is 0 Å². The van der Waals surface area contributed by atoms with Gasteiger partial charge in [0.2, 0.25) is 0 Å². The lowest BCUT2D eigenvalue weighted by molar-refractivity contribution is 1.04. The fourth-order valence-corrected chi connectivity index (χ4v) is 6.41. The molecule has 0 radical (unpaired) electrons. The zero-order valence-electron chi connectivity index (χ0n) is 16.7. The van der Waals surface area contributed by atoms with Gasteiger partial charge in [0.05, 0.1) is 5.52 Å². The summed E-state index contributed by atoms with van der Waals surface area (Å²) in [7, 11) is -0.615. The summed E-state index contributed by atoms with van der Waals surface area (Å²) in [4.78, 5) is 5.16. The van der Waals surface area contributed by atoms with E-state index in [-0.39, 0.29) is 0 Å². The van der Waals surface area contributed by atoms with E-state index in [1.165, 1.54) is 26.7 Å². The van der Waals surface area contributed by atoms with Crippen LogP contribution in [0.1, 0.15) is 24.8 Å². The van der Waals surface area contributed by atoms with Gasteiger partial charge >= 0.3 is 0 Å². The molecule has 2 nitrogen and oxygen atoms in total. The van der Waals surface area contributed by atoms with Crippen LogP contribution < -0.4 is 20.8 Å². The highest BCUT2D eigenvalue weighted by atomic mass is 31.1. The Morgan fingerprint density at radius 1 is 0.931 bits per heavy atom. The van der Waals surface area contributed by atoms with Crippen LogP contribution in [0.2, 0.25) is 0 Å². The number of anilines is 1. The fourth-order valence-electron chi connectivity index (χ4n) is 4.24. The number of nitrogens with zero attached hydrogens (tertiary/aromatic N) is 1. The van der Waals surface area contributed by atoms with Gasteiger partial charge < -0.3 is 5.09 Å². The average Bonchev–Trinajstić information content (AvgIpc) is 2.79. The SMILES string of the molecule is Cc1cccc2c3c(c(NP(c4ccccc4)C4C=CC=CC4)nc12)=CCCC=3. The topological polar surface area (TPSA) is 24.9 Å². The van der Waals surface area contributed by atoms with Crippen molar-refractivity contribution in [3.8, 4) is 0 Å². The zero-order chi connectivity index (χ0) is 19.6. The van der Waals surface area contributed by atoms with E-state index in [2.05, 4.69) is 97.0 Å². The molecule has 0 fully saturated rings. The summed E-state index contributed by atoms with van der Waals surface area (Å²) in [5.41, 5.74) is 2.81. The predicted molar refractivity (Wildman–Crippen MR) is 127 cm³/mol. The molecule has 3 heteroatoms. The van der Waals surface area contributed by atoms with Crippen LogP contribution in [0.5, 0.6) is 0 Å². The van der Waals surface area contributed by atoms with Crippen molar-refractivity contribution in [3.05, 3.63) is 88.8 Å². The van der Waals surface area contributed by atoms with E-state index in [0.717, 1.165) is 30.6 Å². The Morgan fingerprint density at radius 3 is 2.55 bits per heavy atom. The molecule has 2 unspecified atom stereocenters. The van der Waals surface area contributed by atoms with Gasteiger partial charge in [0.15, 0.2) is 0 Å². The Bertz CT molecular complexity index is 1230. The minimum Gasteiger partial charge on any atom is -0.344 e. The molecule has 1 heterocycles. The van der Waals surface area contributed by atoms with Gasteiger partial charge in [0.25, 0.3) is 0 Å². The van der Waals surface area contributed by atoms with Crippen molar-refractivity contribution in [1.29, 1.82) is 0 Å². The van der Waals surface area contributed by atoms with Crippen molar-refractivity contribution in [3.63, 3.8) is 0 Å². The third-order valence-corrected chi connectivity index (χ3v) is 8.06. The molecule has 2 aliphatic rings. The van der Waals surface area contributed by atoms with E-state index in [4.69, 9.17) is 4.98 Å². The molecular weight excluding hydrogens is 371 g/mol. The summed E-state index contributed by atoms with van der Waals surface area (Å²) >= 11 is 0. The summed E-state index contributed by atoms with van der Waals surface area (Å²) in [6, 6.07) is 17.4. The van der Waals surface area contributed by atoms with Crippen molar-refractivity contribution in [2.45, 2.75) is 31.8 Å². The van der Waals surface area contributed by atoms with Crippen molar-refractivity contribution in [2.24, 2.45) is 0 Å². The van der Waals surface area contributed by atoms with E-state index in [1.807, 2.05) is 0 Å². The Labute approximate surface area is 173 Å². The van der Waals surface area contributed by atoms with Gasteiger partial charge in [-0.05, 0) is 42.3 Å². The summed E-state index contributed by atoms with van der Waals surface area (Å²) in [5, 5.41) is 9.18. The maximum atomic E-state index is 5.16. The lowest BCUT2D eigenvalue weighted by Crippen LogP contribution is -2.32. The van der Waals surface area contributed by atoms with E-state index in [0.29, 0.717) is 5.66 Å². The second-order valence-electron chi connectivity index (χ2n) is 7.68. The first-order valence-electron chi connectivity index (χ1n) is 10.4. The van der Waals surface area contributed by atoms with Crippen LogP contribution in [0, 0.1) is 6.92 Å². The molecule has 0 saturated heterocycles. The molecule has 0 aliphatic heterocycles. The zero-order valence-corrected chi connectivity index (χ0v) is 17.6. The quantitative estimate of drug-likeness (QED) is 0.634. The molecule has 0 amide bonds. The molecule has 3 aromatic rings. The van der Waals surface area contributed by atoms with Crippen molar-refractivity contribution in [2.75, 3.05) is 5.09 Å². The largest absolute Gasteiger partial charge is 0.344 e. The van der Waals surface area contributed by atoms with E-state index in [9.17, 15) is 0 Å². The molecule has 0 saturated carbocycles. The smallest absolute Gasteiger partial charge is 0.137 e. The molecule has 1 aromatic heterocycles. The number of benzene rings is 2. The molecule has 2 aromatic carbocycles.